The minimum Gasteiger partial charge on any atom is -0.481 e. The molecule has 3 atom stereocenters. The summed E-state index contributed by atoms with van der Waals surface area (Å²) in [5.74, 6) is -0.840. The van der Waals surface area contributed by atoms with Gasteiger partial charge in [0.25, 0.3) is 0 Å². The topological polar surface area (TPSA) is 108 Å². The molecule has 0 aromatic heterocycles. The smallest absolute Gasteiger partial charge is 0.303 e. The molecule has 8 nitrogen and oxygen atoms in total. The summed E-state index contributed by atoms with van der Waals surface area (Å²) in [6.45, 7) is 2.69. The van der Waals surface area contributed by atoms with Crippen molar-refractivity contribution in [3.05, 3.63) is 167 Å². The lowest BCUT2D eigenvalue weighted by molar-refractivity contribution is -0.253. The molecule has 8 heteroatoms. The van der Waals surface area contributed by atoms with E-state index in [-0.39, 0.29) is 31.1 Å². The summed E-state index contributed by atoms with van der Waals surface area (Å²) in [4.78, 5) is 25.6. The molecule has 0 spiro atoms. The predicted octanol–water partition coefficient (Wildman–Crippen LogP) is 8.75. The largest absolute Gasteiger partial charge is 0.481 e. The Kier molecular flexibility index (Phi) is 14.2. The first kappa shape index (κ1) is 38.6. The lowest BCUT2D eigenvalue weighted by Gasteiger charge is -2.38. The van der Waals surface area contributed by atoms with Crippen LogP contribution in [-0.4, -0.2) is 39.6 Å². The molecule has 0 radical (unpaired) electrons. The monoisotopic (exact) mass is 726 g/mol. The molecule has 54 heavy (non-hydrogen) atoms. The van der Waals surface area contributed by atoms with Gasteiger partial charge in [-0.15, -0.1) is 0 Å². The third-order valence-corrected chi connectivity index (χ3v) is 9.78. The van der Waals surface area contributed by atoms with Crippen molar-refractivity contribution in [1.29, 1.82) is 0 Å². The lowest BCUT2D eigenvalue weighted by Crippen LogP contribution is -2.39. The molecule has 3 N–H and O–H groups in total. The highest BCUT2D eigenvalue weighted by Gasteiger charge is 2.33. The molecule has 0 bridgehead atoms. The van der Waals surface area contributed by atoms with Crippen LogP contribution in [0.4, 0.5) is 0 Å². The van der Waals surface area contributed by atoms with E-state index in [1.165, 1.54) is 11.1 Å². The maximum atomic E-state index is 12.5. The molecule has 1 fully saturated rings. The zero-order valence-corrected chi connectivity index (χ0v) is 30.7. The van der Waals surface area contributed by atoms with Gasteiger partial charge in [0.2, 0.25) is 5.91 Å². The molecule has 6 rings (SSSR count). The van der Waals surface area contributed by atoms with Gasteiger partial charge >= 0.3 is 5.97 Å². The predicted molar refractivity (Wildman–Crippen MR) is 210 cm³/mol. The number of ether oxygens (including phenoxy) is 2. The Morgan fingerprint density at radius 1 is 0.648 bits per heavy atom. The molecule has 3 unspecified atom stereocenters. The van der Waals surface area contributed by atoms with E-state index in [1.807, 2.05) is 54.6 Å². The molecule has 5 aromatic carbocycles. The van der Waals surface area contributed by atoms with Crippen LogP contribution in [0, 0.1) is 0 Å². The molecular formula is C46H50N2O6. The molecule has 1 saturated heterocycles. The van der Waals surface area contributed by atoms with Crippen LogP contribution in [0.3, 0.4) is 0 Å². The van der Waals surface area contributed by atoms with Crippen molar-refractivity contribution in [2.24, 2.45) is 0 Å². The van der Waals surface area contributed by atoms with Gasteiger partial charge in [0.1, 0.15) is 0 Å². The fraction of sp³-hybridized carbons (Fsp3) is 0.304. The summed E-state index contributed by atoms with van der Waals surface area (Å²) < 4.78 is 13.6. The van der Waals surface area contributed by atoms with Crippen molar-refractivity contribution in [3.63, 3.8) is 0 Å². The van der Waals surface area contributed by atoms with E-state index < -0.39 is 12.3 Å². The lowest BCUT2D eigenvalue weighted by atomic mass is 9.98. The van der Waals surface area contributed by atoms with Crippen LogP contribution in [-0.2, 0) is 45.3 Å². The number of carbonyl (C=O) groups excluding carboxylic acids is 1. The number of carbonyl (C=O) groups is 2. The highest BCUT2D eigenvalue weighted by molar-refractivity contribution is 5.76. The zero-order valence-electron chi connectivity index (χ0n) is 30.7. The number of hydrogen-bond acceptors (Lipinski definition) is 6. The summed E-state index contributed by atoms with van der Waals surface area (Å²) in [7, 11) is 0. The van der Waals surface area contributed by atoms with Crippen LogP contribution < -0.4 is 5.32 Å². The van der Waals surface area contributed by atoms with Gasteiger partial charge in [-0.25, -0.2) is 0 Å². The normalized spacial score (nSPS) is 17.0. The van der Waals surface area contributed by atoms with Crippen molar-refractivity contribution in [2.45, 2.75) is 83.3 Å². The molecule has 1 amide bonds. The highest BCUT2D eigenvalue weighted by atomic mass is 16.7. The van der Waals surface area contributed by atoms with E-state index in [0.29, 0.717) is 38.8 Å². The minimum absolute atomic E-state index is 0.00928. The summed E-state index contributed by atoms with van der Waals surface area (Å²) in [6.07, 6.45) is 2.26. The van der Waals surface area contributed by atoms with Crippen LogP contribution in [0.2, 0.25) is 0 Å². The van der Waals surface area contributed by atoms with Crippen molar-refractivity contribution < 1.29 is 29.3 Å². The van der Waals surface area contributed by atoms with Crippen molar-refractivity contribution >= 4 is 11.9 Å². The molecule has 1 aliphatic heterocycles. The standard InChI is InChI=1S/C46H50N2O6/c49-33-36-22-24-38(25-23-36)43-28-42(32-48(30-34-12-4-1-5-13-34)31-35-14-6-2-7-15-35)53-46(54-43)41-19-11-18-40(27-41)39-17-10-16-37(26-39)29-47-44(50)20-8-3-9-21-45(51)52/h1-2,4-7,10-19,22-27,42-43,46,49H,3,8-9,20-21,28-33H2,(H,47,50)(H,51,52). The first-order valence-corrected chi connectivity index (χ1v) is 18.9. The number of carboxylic acids is 1. The highest BCUT2D eigenvalue weighted by Crippen LogP contribution is 2.39. The first-order valence-electron chi connectivity index (χ1n) is 18.9. The van der Waals surface area contributed by atoms with Gasteiger partial charge in [0.05, 0.1) is 18.8 Å². The molecule has 5 aromatic rings. The molecule has 0 saturated carbocycles. The summed E-state index contributed by atoms with van der Waals surface area (Å²) in [5.41, 5.74) is 8.36. The van der Waals surface area contributed by atoms with Crippen LogP contribution in [0.5, 0.6) is 0 Å². The Morgan fingerprint density at radius 3 is 1.94 bits per heavy atom. The second kappa shape index (κ2) is 19.8. The van der Waals surface area contributed by atoms with Crippen LogP contribution in [0.1, 0.15) is 84.3 Å². The number of aliphatic hydroxyl groups is 1. The number of nitrogens with one attached hydrogen (secondary N) is 1. The van der Waals surface area contributed by atoms with E-state index in [2.05, 4.69) is 89.1 Å². The fourth-order valence-electron chi connectivity index (χ4n) is 6.94. The molecule has 1 aliphatic rings. The number of amides is 1. The molecular weight excluding hydrogens is 677 g/mol. The maximum Gasteiger partial charge on any atom is 0.303 e. The Hall–Kier alpha value is -5.12. The summed E-state index contributed by atoms with van der Waals surface area (Å²) >= 11 is 0. The van der Waals surface area contributed by atoms with E-state index in [4.69, 9.17) is 14.6 Å². The van der Waals surface area contributed by atoms with Crippen molar-refractivity contribution in [2.75, 3.05) is 6.54 Å². The van der Waals surface area contributed by atoms with Crippen LogP contribution in [0.15, 0.2) is 133 Å². The number of aliphatic hydroxyl groups excluding tert-OH is 1. The van der Waals surface area contributed by atoms with Crippen LogP contribution in [0.25, 0.3) is 11.1 Å². The molecule has 0 aliphatic carbocycles. The number of rotatable bonds is 18. The van der Waals surface area contributed by atoms with Crippen molar-refractivity contribution in [1.82, 2.24) is 10.2 Å². The SMILES string of the molecule is O=C(O)CCCCCC(=O)NCc1cccc(-c2cccc(C3OC(CN(Cc4ccccc4)Cc4ccccc4)CC(c4ccc(CO)cc4)O3)c2)c1. The number of nitrogens with zero attached hydrogens (tertiary/aromatic N) is 1. The quantitative estimate of drug-likeness (QED) is 0.0776. The van der Waals surface area contributed by atoms with Gasteiger partial charge in [-0.3, -0.25) is 14.5 Å². The van der Waals surface area contributed by atoms with E-state index in [9.17, 15) is 14.7 Å². The summed E-state index contributed by atoms with van der Waals surface area (Å²) in [6, 6.07) is 45.5. The number of unbranched alkanes of at least 4 members (excludes halogenated alkanes) is 2. The molecule has 1 heterocycles. The average Bonchev–Trinajstić information content (AvgIpc) is 3.20. The maximum absolute atomic E-state index is 12.5. The zero-order chi connectivity index (χ0) is 37.5. The number of carboxylic acid groups (broad SMARTS) is 1. The van der Waals surface area contributed by atoms with E-state index >= 15 is 0 Å². The minimum atomic E-state index is -0.803. The third-order valence-electron chi connectivity index (χ3n) is 9.78. The third kappa shape index (κ3) is 11.7. The Labute approximate surface area is 318 Å². The van der Waals surface area contributed by atoms with Crippen molar-refractivity contribution in [3.8, 4) is 11.1 Å². The van der Waals surface area contributed by atoms with Gasteiger partial charge in [-0.1, -0.05) is 128 Å². The Bertz CT molecular complexity index is 1880. The molecule has 280 valence electrons. The fourth-order valence-corrected chi connectivity index (χ4v) is 6.94. The number of benzene rings is 5. The second-order valence-electron chi connectivity index (χ2n) is 14.0. The van der Waals surface area contributed by atoms with E-state index in [0.717, 1.165) is 52.9 Å². The van der Waals surface area contributed by atoms with Gasteiger partial charge in [0, 0.05) is 51.0 Å². The number of hydrogen-bond donors (Lipinski definition) is 3. The number of aliphatic carboxylic acids is 1. The van der Waals surface area contributed by atoms with Gasteiger partial charge in [0.15, 0.2) is 6.29 Å². The van der Waals surface area contributed by atoms with Crippen LogP contribution >= 0.6 is 0 Å². The van der Waals surface area contributed by atoms with Gasteiger partial charge in [-0.05, 0) is 63.9 Å². The first-order chi connectivity index (χ1) is 26.4. The Balaban J connectivity index is 1.18. The van der Waals surface area contributed by atoms with Gasteiger partial charge in [-0.2, -0.15) is 0 Å². The Morgan fingerprint density at radius 2 is 1.28 bits per heavy atom. The summed E-state index contributed by atoms with van der Waals surface area (Å²) in [5, 5.41) is 21.5. The second-order valence-corrected chi connectivity index (χ2v) is 14.0. The average molecular weight is 727 g/mol. The van der Waals surface area contributed by atoms with Gasteiger partial charge < -0.3 is 25.0 Å². The van der Waals surface area contributed by atoms with E-state index in [1.54, 1.807) is 0 Å².